The summed E-state index contributed by atoms with van der Waals surface area (Å²) in [7, 11) is -3.18. The first-order chi connectivity index (χ1) is 8.99. The third-order valence-corrected chi connectivity index (χ3v) is 5.44. The molecule has 1 heterocycles. The van der Waals surface area contributed by atoms with Crippen molar-refractivity contribution in [1.82, 2.24) is 9.21 Å². The van der Waals surface area contributed by atoms with Crippen LogP contribution in [0.25, 0.3) is 0 Å². The van der Waals surface area contributed by atoms with Gasteiger partial charge in [0.2, 0.25) is 10.0 Å². The molecule has 5 heteroatoms. The van der Waals surface area contributed by atoms with Crippen LogP contribution in [0, 0.1) is 0 Å². The van der Waals surface area contributed by atoms with E-state index in [9.17, 15) is 8.42 Å². The van der Waals surface area contributed by atoms with Gasteiger partial charge in [-0.2, -0.15) is 4.31 Å². The molecule has 0 N–H and O–H groups in total. The van der Waals surface area contributed by atoms with Gasteiger partial charge in [-0.1, -0.05) is 30.3 Å². The van der Waals surface area contributed by atoms with Crippen LogP contribution in [0.1, 0.15) is 19.4 Å². The standard InChI is InChI=1S/C14H22N2O2S/c1-13(2)15-8-10-16(11-9-15)19(17,18)12-14-6-4-3-5-7-14/h3-7,13H,8-12H2,1-2H3. The quantitative estimate of drug-likeness (QED) is 0.841. The summed E-state index contributed by atoms with van der Waals surface area (Å²) in [5, 5.41) is 0. The van der Waals surface area contributed by atoms with Gasteiger partial charge in [0.05, 0.1) is 5.75 Å². The lowest BCUT2D eigenvalue weighted by Crippen LogP contribution is -2.50. The van der Waals surface area contributed by atoms with Crippen LogP contribution in [0.15, 0.2) is 30.3 Å². The van der Waals surface area contributed by atoms with Crippen LogP contribution in [0.5, 0.6) is 0 Å². The molecule has 1 aromatic rings. The number of rotatable bonds is 4. The van der Waals surface area contributed by atoms with E-state index < -0.39 is 10.0 Å². The van der Waals surface area contributed by atoms with Crippen molar-refractivity contribution in [2.75, 3.05) is 26.2 Å². The second-order valence-corrected chi connectivity index (χ2v) is 7.24. The number of benzene rings is 1. The molecule has 0 unspecified atom stereocenters. The molecule has 0 saturated carbocycles. The summed E-state index contributed by atoms with van der Waals surface area (Å²) in [5.74, 6) is 0.107. The Labute approximate surface area is 116 Å². The summed E-state index contributed by atoms with van der Waals surface area (Å²) in [6, 6.07) is 9.86. The summed E-state index contributed by atoms with van der Waals surface area (Å²) in [5.41, 5.74) is 0.855. The molecule has 106 valence electrons. The molecule has 0 aromatic heterocycles. The minimum atomic E-state index is -3.18. The molecular weight excluding hydrogens is 260 g/mol. The van der Waals surface area contributed by atoms with Crippen LogP contribution < -0.4 is 0 Å². The SMILES string of the molecule is CC(C)N1CCN(S(=O)(=O)Cc2ccccc2)CC1. The zero-order valence-corrected chi connectivity index (χ0v) is 12.4. The van der Waals surface area contributed by atoms with Gasteiger partial charge in [0.15, 0.2) is 0 Å². The summed E-state index contributed by atoms with van der Waals surface area (Å²) >= 11 is 0. The van der Waals surface area contributed by atoms with Gasteiger partial charge in [0.25, 0.3) is 0 Å². The van der Waals surface area contributed by atoms with Crippen LogP contribution in [0.3, 0.4) is 0 Å². The molecule has 0 atom stereocenters. The molecule has 1 fully saturated rings. The van der Waals surface area contributed by atoms with E-state index in [0.29, 0.717) is 19.1 Å². The smallest absolute Gasteiger partial charge is 0.218 e. The van der Waals surface area contributed by atoms with E-state index in [0.717, 1.165) is 18.7 Å². The van der Waals surface area contributed by atoms with E-state index in [1.54, 1.807) is 4.31 Å². The Morgan fingerprint density at radius 3 is 2.16 bits per heavy atom. The Kier molecular flexibility index (Phi) is 4.60. The largest absolute Gasteiger partial charge is 0.298 e. The van der Waals surface area contributed by atoms with Crippen molar-refractivity contribution in [3.8, 4) is 0 Å². The van der Waals surface area contributed by atoms with E-state index in [4.69, 9.17) is 0 Å². The molecule has 0 bridgehead atoms. The highest BCUT2D eigenvalue weighted by Crippen LogP contribution is 2.14. The number of hydrogen-bond donors (Lipinski definition) is 0. The molecule has 4 nitrogen and oxygen atoms in total. The molecule has 19 heavy (non-hydrogen) atoms. The van der Waals surface area contributed by atoms with Gasteiger partial charge in [0, 0.05) is 32.2 Å². The summed E-state index contributed by atoms with van der Waals surface area (Å²) in [4.78, 5) is 2.31. The third kappa shape index (κ3) is 3.78. The average molecular weight is 282 g/mol. The van der Waals surface area contributed by atoms with Crippen LogP contribution in [0.2, 0.25) is 0 Å². The second-order valence-electron chi connectivity index (χ2n) is 5.27. The van der Waals surface area contributed by atoms with Gasteiger partial charge >= 0.3 is 0 Å². The third-order valence-electron chi connectivity index (χ3n) is 3.59. The van der Waals surface area contributed by atoms with Gasteiger partial charge in [-0.25, -0.2) is 8.42 Å². The molecule has 0 spiro atoms. The monoisotopic (exact) mass is 282 g/mol. The number of piperazine rings is 1. The Hall–Kier alpha value is -0.910. The summed E-state index contributed by atoms with van der Waals surface area (Å²) in [6.07, 6.45) is 0. The Bertz CT molecular complexity index is 491. The van der Waals surface area contributed by atoms with E-state index in [-0.39, 0.29) is 5.75 Å². The normalized spacial score (nSPS) is 18.9. The lowest BCUT2D eigenvalue weighted by atomic mass is 10.2. The molecule has 1 saturated heterocycles. The van der Waals surface area contributed by atoms with Gasteiger partial charge in [-0.3, -0.25) is 4.90 Å². The highest BCUT2D eigenvalue weighted by Gasteiger charge is 2.27. The topological polar surface area (TPSA) is 40.6 Å². The van der Waals surface area contributed by atoms with Crippen molar-refractivity contribution >= 4 is 10.0 Å². The minimum Gasteiger partial charge on any atom is -0.298 e. The highest BCUT2D eigenvalue weighted by molar-refractivity contribution is 7.88. The van der Waals surface area contributed by atoms with Crippen molar-refractivity contribution in [3.63, 3.8) is 0 Å². The molecule has 2 rings (SSSR count). The molecule has 0 amide bonds. The Balaban J connectivity index is 1.98. The first-order valence-corrected chi connectivity index (χ1v) is 8.36. The Morgan fingerprint density at radius 1 is 1.05 bits per heavy atom. The maximum Gasteiger partial charge on any atom is 0.218 e. The minimum absolute atomic E-state index is 0.107. The lowest BCUT2D eigenvalue weighted by Gasteiger charge is -2.36. The van der Waals surface area contributed by atoms with Gasteiger partial charge in [-0.05, 0) is 19.4 Å². The van der Waals surface area contributed by atoms with Crippen molar-refractivity contribution in [2.24, 2.45) is 0 Å². The number of sulfonamides is 1. The second kappa shape index (κ2) is 6.03. The predicted molar refractivity (Wildman–Crippen MR) is 77.3 cm³/mol. The maximum atomic E-state index is 12.3. The first kappa shape index (κ1) is 14.5. The van der Waals surface area contributed by atoms with Gasteiger partial charge in [-0.15, -0.1) is 0 Å². The van der Waals surface area contributed by atoms with Crippen LogP contribution in [0.4, 0.5) is 0 Å². The predicted octanol–water partition coefficient (Wildman–Crippen LogP) is 1.54. The van der Waals surface area contributed by atoms with Crippen molar-refractivity contribution in [3.05, 3.63) is 35.9 Å². The summed E-state index contributed by atoms with van der Waals surface area (Å²) < 4.78 is 26.3. The molecular formula is C14H22N2O2S. The zero-order chi connectivity index (χ0) is 13.9. The number of nitrogens with zero attached hydrogens (tertiary/aromatic N) is 2. The highest BCUT2D eigenvalue weighted by atomic mass is 32.2. The average Bonchev–Trinajstić information content (AvgIpc) is 2.39. The molecule has 1 aliphatic heterocycles. The van der Waals surface area contributed by atoms with Crippen LogP contribution >= 0.6 is 0 Å². The fraction of sp³-hybridized carbons (Fsp3) is 0.571. The van der Waals surface area contributed by atoms with E-state index >= 15 is 0 Å². The molecule has 0 radical (unpaired) electrons. The van der Waals surface area contributed by atoms with E-state index in [2.05, 4.69) is 18.7 Å². The van der Waals surface area contributed by atoms with Gasteiger partial charge < -0.3 is 0 Å². The zero-order valence-electron chi connectivity index (χ0n) is 11.6. The molecule has 0 aliphatic carbocycles. The fourth-order valence-electron chi connectivity index (χ4n) is 2.37. The van der Waals surface area contributed by atoms with Gasteiger partial charge in [0.1, 0.15) is 0 Å². The molecule has 1 aliphatic rings. The maximum absolute atomic E-state index is 12.3. The van der Waals surface area contributed by atoms with Crippen molar-refractivity contribution < 1.29 is 8.42 Å². The van der Waals surface area contributed by atoms with E-state index in [1.165, 1.54) is 0 Å². The van der Waals surface area contributed by atoms with Crippen molar-refractivity contribution in [1.29, 1.82) is 0 Å². The summed E-state index contributed by atoms with van der Waals surface area (Å²) in [6.45, 7) is 7.15. The molecule has 1 aromatic carbocycles. The van der Waals surface area contributed by atoms with Crippen molar-refractivity contribution in [2.45, 2.75) is 25.6 Å². The fourth-order valence-corrected chi connectivity index (χ4v) is 3.89. The Morgan fingerprint density at radius 2 is 1.63 bits per heavy atom. The van der Waals surface area contributed by atoms with E-state index in [1.807, 2.05) is 30.3 Å². The first-order valence-electron chi connectivity index (χ1n) is 6.75. The van der Waals surface area contributed by atoms with Crippen LogP contribution in [-0.2, 0) is 15.8 Å². The lowest BCUT2D eigenvalue weighted by molar-refractivity contribution is 0.154. The van der Waals surface area contributed by atoms with Crippen LogP contribution in [-0.4, -0.2) is 49.8 Å². The number of hydrogen-bond acceptors (Lipinski definition) is 3.